The van der Waals surface area contributed by atoms with Gasteiger partial charge >= 0.3 is 0 Å². The van der Waals surface area contributed by atoms with Crippen molar-refractivity contribution in [3.63, 3.8) is 0 Å². The van der Waals surface area contributed by atoms with Crippen LogP contribution in [0.4, 0.5) is 0 Å². The molecule has 5 heteroatoms. The van der Waals surface area contributed by atoms with Gasteiger partial charge in [-0.3, -0.25) is 14.2 Å². The van der Waals surface area contributed by atoms with Crippen LogP contribution in [0.25, 0.3) is 0 Å². The SMILES string of the molecule is CCc1cc(C(=O)Cc2cc(CC)nn2CC)n(C)n1. The number of ketones is 1. The van der Waals surface area contributed by atoms with Gasteiger partial charge in [-0.25, -0.2) is 0 Å². The molecule has 0 saturated carbocycles. The van der Waals surface area contributed by atoms with Crippen molar-refractivity contribution in [2.45, 2.75) is 46.6 Å². The summed E-state index contributed by atoms with van der Waals surface area (Å²) in [5.74, 6) is 0.0944. The van der Waals surface area contributed by atoms with Crippen molar-refractivity contribution >= 4 is 5.78 Å². The molecule has 0 aliphatic carbocycles. The monoisotopic (exact) mass is 274 g/mol. The van der Waals surface area contributed by atoms with Gasteiger partial charge < -0.3 is 0 Å². The van der Waals surface area contributed by atoms with Gasteiger partial charge in [0.1, 0.15) is 5.69 Å². The Bertz CT molecular complexity index is 609. The first-order chi connectivity index (χ1) is 9.58. The molecule has 0 unspecified atom stereocenters. The molecule has 0 fully saturated rings. The van der Waals surface area contributed by atoms with E-state index in [0.29, 0.717) is 12.1 Å². The molecule has 0 aliphatic heterocycles. The lowest BCUT2D eigenvalue weighted by Crippen LogP contribution is -2.13. The van der Waals surface area contributed by atoms with Gasteiger partial charge in [-0.15, -0.1) is 0 Å². The second-order valence-corrected chi connectivity index (χ2v) is 4.89. The molecule has 0 saturated heterocycles. The van der Waals surface area contributed by atoms with E-state index >= 15 is 0 Å². The highest BCUT2D eigenvalue weighted by Crippen LogP contribution is 2.12. The Balaban J connectivity index is 2.22. The van der Waals surface area contributed by atoms with Crippen LogP contribution in [0, 0.1) is 0 Å². The third-order valence-corrected chi connectivity index (χ3v) is 3.50. The molecule has 0 N–H and O–H groups in total. The molecule has 0 atom stereocenters. The van der Waals surface area contributed by atoms with Gasteiger partial charge in [-0.1, -0.05) is 13.8 Å². The highest BCUT2D eigenvalue weighted by molar-refractivity contribution is 5.95. The summed E-state index contributed by atoms with van der Waals surface area (Å²) in [7, 11) is 1.82. The minimum atomic E-state index is 0.0944. The predicted molar refractivity (Wildman–Crippen MR) is 77.9 cm³/mol. The highest BCUT2D eigenvalue weighted by Gasteiger charge is 2.16. The number of aromatic nitrogens is 4. The molecule has 0 radical (unpaired) electrons. The Morgan fingerprint density at radius 2 is 1.75 bits per heavy atom. The lowest BCUT2D eigenvalue weighted by Gasteiger charge is -2.04. The van der Waals surface area contributed by atoms with Crippen LogP contribution in [0.3, 0.4) is 0 Å². The summed E-state index contributed by atoms with van der Waals surface area (Å²) in [5.41, 5.74) is 3.64. The summed E-state index contributed by atoms with van der Waals surface area (Å²) in [6, 6.07) is 3.91. The fourth-order valence-corrected chi connectivity index (χ4v) is 2.32. The lowest BCUT2D eigenvalue weighted by atomic mass is 10.1. The van der Waals surface area contributed by atoms with Crippen LogP contribution in [0.15, 0.2) is 12.1 Å². The van der Waals surface area contributed by atoms with Gasteiger partial charge in [0.15, 0.2) is 5.78 Å². The van der Waals surface area contributed by atoms with Gasteiger partial charge in [0, 0.05) is 19.3 Å². The first-order valence-corrected chi connectivity index (χ1v) is 7.20. The Labute approximate surface area is 119 Å². The minimum absolute atomic E-state index is 0.0944. The molecular formula is C15H22N4O. The lowest BCUT2D eigenvalue weighted by molar-refractivity contribution is 0.0981. The molecule has 0 aliphatic rings. The molecule has 0 bridgehead atoms. The number of rotatable bonds is 6. The Morgan fingerprint density at radius 1 is 1.10 bits per heavy atom. The van der Waals surface area contributed by atoms with Gasteiger partial charge in [0.05, 0.1) is 17.8 Å². The normalized spacial score (nSPS) is 11.0. The number of hydrogen-bond donors (Lipinski definition) is 0. The van der Waals surface area contributed by atoms with E-state index in [2.05, 4.69) is 17.1 Å². The number of Topliss-reactive ketones (excluding diaryl/α,β-unsaturated/α-hetero) is 1. The smallest absolute Gasteiger partial charge is 0.186 e. The number of carbonyl (C=O) groups excluding carboxylic acids is 1. The van der Waals surface area contributed by atoms with Crippen LogP contribution >= 0.6 is 0 Å². The van der Waals surface area contributed by atoms with Crippen LogP contribution in [0.2, 0.25) is 0 Å². The third kappa shape index (κ3) is 2.81. The average molecular weight is 274 g/mol. The first-order valence-electron chi connectivity index (χ1n) is 7.20. The molecule has 2 aromatic rings. The first kappa shape index (κ1) is 14.5. The molecule has 0 amide bonds. The predicted octanol–water partition coefficient (Wildman–Crippen LogP) is 2.19. The summed E-state index contributed by atoms with van der Waals surface area (Å²) < 4.78 is 3.59. The Kier molecular flexibility index (Phi) is 4.37. The molecule has 2 heterocycles. The molecule has 0 spiro atoms. The van der Waals surface area contributed by atoms with E-state index in [1.165, 1.54) is 0 Å². The van der Waals surface area contributed by atoms with E-state index < -0.39 is 0 Å². The van der Waals surface area contributed by atoms with Crippen LogP contribution in [-0.4, -0.2) is 25.3 Å². The maximum atomic E-state index is 12.4. The second-order valence-electron chi connectivity index (χ2n) is 4.89. The van der Waals surface area contributed by atoms with Crippen molar-refractivity contribution in [2.75, 3.05) is 0 Å². The van der Waals surface area contributed by atoms with E-state index in [0.717, 1.165) is 36.5 Å². The van der Waals surface area contributed by atoms with Crippen LogP contribution in [0.5, 0.6) is 0 Å². The van der Waals surface area contributed by atoms with Crippen molar-refractivity contribution in [1.82, 2.24) is 19.6 Å². The molecular weight excluding hydrogens is 252 g/mol. The zero-order valence-corrected chi connectivity index (χ0v) is 12.7. The van der Waals surface area contributed by atoms with E-state index in [1.54, 1.807) is 4.68 Å². The number of hydrogen-bond acceptors (Lipinski definition) is 3. The maximum Gasteiger partial charge on any atom is 0.186 e. The van der Waals surface area contributed by atoms with Gasteiger partial charge in [-0.2, -0.15) is 10.2 Å². The number of aryl methyl sites for hydroxylation is 4. The quantitative estimate of drug-likeness (QED) is 0.759. The van der Waals surface area contributed by atoms with Crippen molar-refractivity contribution in [2.24, 2.45) is 7.05 Å². The third-order valence-electron chi connectivity index (χ3n) is 3.50. The standard InChI is InChI=1S/C15H22N4O/c1-5-11-8-13(19(7-3)17-11)10-15(20)14-9-12(6-2)16-18(14)4/h8-9H,5-7,10H2,1-4H3. The fraction of sp³-hybridized carbons (Fsp3) is 0.533. The molecule has 108 valence electrons. The van der Waals surface area contributed by atoms with E-state index in [4.69, 9.17) is 0 Å². The van der Waals surface area contributed by atoms with Crippen molar-refractivity contribution in [1.29, 1.82) is 0 Å². The van der Waals surface area contributed by atoms with Gasteiger partial charge in [0.2, 0.25) is 0 Å². The van der Waals surface area contributed by atoms with Gasteiger partial charge in [-0.05, 0) is 31.9 Å². The summed E-state index contributed by atoms with van der Waals surface area (Å²) >= 11 is 0. The maximum absolute atomic E-state index is 12.4. The highest BCUT2D eigenvalue weighted by atomic mass is 16.1. The Morgan fingerprint density at radius 3 is 2.30 bits per heavy atom. The van der Waals surface area contributed by atoms with Crippen molar-refractivity contribution in [3.8, 4) is 0 Å². The number of nitrogens with zero attached hydrogens (tertiary/aromatic N) is 4. The summed E-state index contributed by atoms with van der Waals surface area (Å²) in [5, 5.41) is 8.81. The van der Waals surface area contributed by atoms with E-state index in [-0.39, 0.29) is 5.78 Å². The Hall–Kier alpha value is -1.91. The second kappa shape index (κ2) is 6.03. The average Bonchev–Trinajstić information content (AvgIpc) is 3.01. The zero-order valence-electron chi connectivity index (χ0n) is 12.7. The van der Waals surface area contributed by atoms with Crippen LogP contribution in [0.1, 0.15) is 48.3 Å². The van der Waals surface area contributed by atoms with Crippen molar-refractivity contribution < 1.29 is 4.79 Å². The van der Waals surface area contributed by atoms with Gasteiger partial charge in [0.25, 0.3) is 0 Å². The summed E-state index contributed by atoms with van der Waals surface area (Å²) in [6.07, 6.45) is 2.11. The molecule has 2 aromatic heterocycles. The topological polar surface area (TPSA) is 52.7 Å². The fourth-order valence-electron chi connectivity index (χ4n) is 2.32. The van der Waals surface area contributed by atoms with Crippen molar-refractivity contribution in [3.05, 3.63) is 34.9 Å². The number of carbonyl (C=O) groups is 1. The summed E-state index contributed by atoms with van der Waals surface area (Å²) in [4.78, 5) is 12.4. The van der Waals surface area contributed by atoms with E-state index in [9.17, 15) is 4.79 Å². The largest absolute Gasteiger partial charge is 0.292 e. The van der Waals surface area contributed by atoms with Crippen LogP contribution < -0.4 is 0 Å². The molecule has 20 heavy (non-hydrogen) atoms. The zero-order chi connectivity index (χ0) is 14.7. The summed E-state index contributed by atoms with van der Waals surface area (Å²) in [6.45, 7) is 6.94. The van der Waals surface area contributed by atoms with Crippen LogP contribution in [-0.2, 0) is 32.9 Å². The molecule has 0 aromatic carbocycles. The molecule has 5 nitrogen and oxygen atoms in total. The minimum Gasteiger partial charge on any atom is -0.292 e. The van der Waals surface area contributed by atoms with E-state index in [1.807, 2.05) is 37.7 Å². The molecule has 2 rings (SSSR count).